The zero-order chi connectivity index (χ0) is 25.5. The molecular formula is C24H29Cl2FN6O2. The highest BCUT2D eigenvalue weighted by Gasteiger charge is 2.52. The Morgan fingerprint density at radius 2 is 1.86 bits per heavy atom. The number of carbonyl (C=O) groups excluding carboxylic acids is 1. The monoisotopic (exact) mass is 522 g/mol. The van der Waals surface area contributed by atoms with Crippen molar-refractivity contribution in [3.63, 3.8) is 0 Å². The van der Waals surface area contributed by atoms with Crippen LogP contribution in [-0.2, 0) is 19.7 Å². The molecule has 0 spiro atoms. The van der Waals surface area contributed by atoms with Gasteiger partial charge in [0, 0.05) is 32.7 Å². The van der Waals surface area contributed by atoms with Crippen LogP contribution in [0, 0.1) is 17.7 Å². The summed E-state index contributed by atoms with van der Waals surface area (Å²) in [5.41, 5.74) is 7.84. The van der Waals surface area contributed by atoms with Gasteiger partial charge in [-0.25, -0.2) is 4.39 Å². The second-order valence-corrected chi connectivity index (χ2v) is 10.2. The smallest absolute Gasteiger partial charge is 0.155 e. The Labute approximate surface area is 213 Å². The SMILES string of the molecule is CNc1ccc(F)c(Cl)c1.Cn1nc(C2CC3CC(O)(c4c(Cl)cnn4C)CC3C2)c(C=O)c1N. The lowest BCUT2D eigenvalue weighted by Gasteiger charge is -2.25. The number of nitrogen functional groups attached to an aromatic ring is 1. The number of fused-ring (bicyclic) bond motifs is 1. The van der Waals surface area contributed by atoms with Gasteiger partial charge in [0.15, 0.2) is 6.29 Å². The quantitative estimate of drug-likeness (QED) is 0.434. The molecule has 0 aliphatic heterocycles. The van der Waals surface area contributed by atoms with E-state index in [1.54, 1.807) is 35.7 Å². The van der Waals surface area contributed by atoms with Gasteiger partial charge in [-0.1, -0.05) is 23.2 Å². The molecule has 2 heterocycles. The molecule has 1 aromatic carbocycles. The third-order valence-corrected chi connectivity index (χ3v) is 7.81. The van der Waals surface area contributed by atoms with E-state index in [4.69, 9.17) is 28.9 Å². The molecule has 2 aromatic heterocycles. The lowest BCUT2D eigenvalue weighted by atomic mass is 9.90. The van der Waals surface area contributed by atoms with E-state index in [1.165, 1.54) is 12.1 Å². The largest absolute Gasteiger partial charge is 0.388 e. The third kappa shape index (κ3) is 4.77. The molecule has 3 aromatic rings. The Balaban J connectivity index is 0.000000243. The molecule has 188 valence electrons. The lowest BCUT2D eigenvalue weighted by molar-refractivity contribution is 0.0264. The van der Waals surface area contributed by atoms with Gasteiger partial charge >= 0.3 is 0 Å². The zero-order valence-electron chi connectivity index (χ0n) is 19.8. The van der Waals surface area contributed by atoms with Gasteiger partial charge in [0.25, 0.3) is 0 Å². The van der Waals surface area contributed by atoms with E-state index in [0.717, 1.165) is 30.5 Å². The fourth-order valence-electron chi connectivity index (χ4n) is 5.66. The number of aromatic nitrogens is 4. The van der Waals surface area contributed by atoms with E-state index in [2.05, 4.69) is 15.5 Å². The number of rotatable bonds is 4. The van der Waals surface area contributed by atoms with Gasteiger partial charge < -0.3 is 16.2 Å². The molecule has 2 aliphatic carbocycles. The van der Waals surface area contributed by atoms with E-state index in [-0.39, 0.29) is 16.8 Å². The minimum absolute atomic E-state index is 0.145. The number of anilines is 2. The molecule has 2 unspecified atom stereocenters. The van der Waals surface area contributed by atoms with Crippen molar-refractivity contribution in [2.45, 2.75) is 37.2 Å². The molecule has 35 heavy (non-hydrogen) atoms. The molecule has 0 saturated heterocycles. The van der Waals surface area contributed by atoms with Crippen LogP contribution in [0.2, 0.25) is 10.0 Å². The van der Waals surface area contributed by atoms with Crippen molar-refractivity contribution >= 4 is 41.0 Å². The third-order valence-electron chi connectivity index (χ3n) is 7.25. The Morgan fingerprint density at radius 3 is 2.37 bits per heavy atom. The van der Waals surface area contributed by atoms with Crippen LogP contribution in [0.5, 0.6) is 0 Å². The van der Waals surface area contributed by atoms with E-state index >= 15 is 0 Å². The van der Waals surface area contributed by atoms with Gasteiger partial charge in [0.1, 0.15) is 17.2 Å². The lowest BCUT2D eigenvalue weighted by Crippen LogP contribution is -2.26. The van der Waals surface area contributed by atoms with Crippen LogP contribution in [0.1, 0.15) is 53.3 Å². The average Bonchev–Trinajstić information content (AvgIpc) is 3.52. The number of nitrogens with zero attached hydrogens (tertiary/aromatic N) is 4. The van der Waals surface area contributed by atoms with Crippen molar-refractivity contribution in [2.24, 2.45) is 25.9 Å². The Morgan fingerprint density at radius 1 is 1.20 bits per heavy atom. The molecule has 0 bridgehead atoms. The highest BCUT2D eigenvalue weighted by atomic mass is 35.5. The molecular weight excluding hydrogens is 494 g/mol. The highest BCUT2D eigenvalue weighted by Crippen LogP contribution is 2.57. The summed E-state index contributed by atoms with van der Waals surface area (Å²) < 4.78 is 15.7. The van der Waals surface area contributed by atoms with Gasteiger partial charge in [0.05, 0.1) is 33.2 Å². The zero-order valence-corrected chi connectivity index (χ0v) is 21.3. The maximum absolute atomic E-state index is 12.5. The maximum Gasteiger partial charge on any atom is 0.155 e. The van der Waals surface area contributed by atoms with Crippen molar-refractivity contribution in [1.29, 1.82) is 0 Å². The predicted octanol–water partition coefficient (Wildman–Crippen LogP) is 4.51. The minimum atomic E-state index is -0.931. The first-order valence-corrected chi connectivity index (χ1v) is 12.1. The van der Waals surface area contributed by atoms with Crippen molar-refractivity contribution in [3.05, 3.63) is 57.2 Å². The molecule has 2 fully saturated rings. The summed E-state index contributed by atoms with van der Waals surface area (Å²) in [5, 5.41) is 23.3. The number of benzene rings is 1. The van der Waals surface area contributed by atoms with E-state index < -0.39 is 5.60 Å². The Hall–Kier alpha value is -2.62. The van der Waals surface area contributed by atoms with E-state index in [1.807, 2.05) is 7.05 Å². The van der Waals surface area contributed by atoms with E-state index in [9.17, 15) is 14.3 Å². The maximum atomic E-state index is 12.5. The molecule has 11 heteroatoms. The summed E-state index contributed by atoms with van der Waals surface area (Å²) in [7, 11) is 5.32. The average molecular weight is 523 g/mol. The van der Waals surface area contributed by atoms with Crippen LogP contribution in [0.15, 0.2) is 24.4 Å². The fourth-order valence-corrected chi connectivity index (χ4v) is 6.18. The number of halogens is 3. The van der Waals surface area contributed by atoms with Gasteiger partial charge in [-0.3, -0.25) is 14.2 Å². The molecule has 2 aliphatic rings. The van der Waals surface area contributed by atoms with Gasteiger partial charge in [-0.15, -0.1) is 0 Å². The minimum Gasteiger partial charge on any atom is -0.388 e. The van der Waals surface area contributed by atoms with Crippen LogP contribution in [-0.4, -0.2) is 38.0 Å². The second kappa shape index (κ2) is 9.79. The number of aldehydes is 1. The Kier molecular flexibility index (Phi) is 7.13. The van der Waals surface area contributed by atoms with Crippen molar-refractivity contribution in [1.82, 2.24) is 19.6 Å². The number of nitrogens with one attached hydrogen (secondary N) is 1. The van der Waals surface area contributed by atoms with Gasteiger partial charge in [-0.05, 0) is 55.7 Å². The van der Waals surface area contributed by atoms with Crippen LogP contribution in [0.25, 0.3) is 0 Å². The number of carbonyl (C=O) groups is 1. The topological polar surface area (TPSA) is 111 Å². The summed E-state index contributed by atoms with van der Waals surface area (Å²) in [6.45, 7) is 0. The van der Waals surface area contributed by atoms with Gasteiger partial charge in [0.2, 0.25) is 0 Å². The first-order chi connectivity index (χ1) is 16.6. The summed E-state index contributed by atoms with van der Waals surface area (Å²) >= 11 is 11.7. The van der Waals surface area contributed by atoms with E-state index in [0.29, 0.717) is 46.8 Å². The van der Waals surface area contributed by atoms with Crippen molar-refractivity contribution < 1.29 is 14.3 Å². The van der Waals surface area contributed by atoms with Crippen LogP contribution in [0.4, 0.5) is 15.9 Å². The number of hydrogen-bond acceptors (Lipinski definition) is 6. The molecule has 5 rings (SSSR count). The van der Waals surface area contributed by atoms with Crippen LogP contribution in [0.3, 0.4) is 0 Å². The molecule has 4 N–H and O–H groups in total. The van der Waals surface area contributed by atoms with Crippen molar-refractivity contribution in [2.75, 3.05) is 18.1 Å². The first kappa shape index (κ1) is 25.5. The number of hydrogen-bond donors (Lipinski definition) is 3. The number of aliphatic hydroxyl groups is 1. The molecule has 0 radical (unpaired) electrons. The van der Waals surface area contributed by atoms with Crippen LogP contribution < -0.4 is 11.1 Å². The molecule has 8 nitrogen and oxygen atoms in total. The number of nitrogens with two attached hydrogens (primary N) is 1. The number of aryl methyl sites for hydroxylation is 2. The highest BCUT2D eigenvalue weighted by molar-refractivity contribution is 6.31. The first-order valence-electron chi connectivity index (χ1n) is 11.4. The Bertz CT molecular complexity index is 1210. The summed E-state index contributed by atoms with van der Waals surface area (Å²) in [6.07, 6.45) is 5.51. The summed E-state index contributed by atoms with van der Waals surface area (Å²) in [5.74, 6) is 0.999. The summed E-state index contributed by atoms with van der Waals surface area (Å²) in [6, 6.07) is 4.49. The second-order valence-electron chi connectivity index (χ2n) is 9.40. The van der Waals surface area contributed by atoms with Crippen LogP contribution >= 0.6 is 23.2 Å². The molecule has 0 amide bonds. The van der Waals surface area contributed by atoms with Gasteiger partial charge in [-0.2, -0.15) is 10.2 Å². The molecule has 2 atom stereocenters. The standard InChI is InChI=1S/C17H22ClN5O2.C7H7ClFN/c1-22-15(13(18)7-20-22)17(25)5-10-3-9(4-11(10)6-17)14-12(8-24)16(19)23(2)21-14;1-10-5-2-3-7(9)6(8)4-5/h7-11,25H,3-6,19H2,1-2H3;2-4,10H,1H3. The fraction of sp³-hybridized carbons (Fsp3) is 0.458. The normalized spacial score (nSPS) is 25.2. The summed E-state index contributed by atoms with van der Waals surface area (Å²) in [4.78, 5) is 11.4. The predicted molar refractivity (Wildman–Crippen MR) is 134 cm³/mol. The molecule has 2 saturated carbocycles. The van der Waals surface area contributed by atoms with Crippen molar-refractivity contribution in [3.8, 4) is 0 Å².